The summed E-state index contributed by atoms with van der Waals surface area (Å²) in [5.41, 5.74) is 3.36. The van der Waals surface area contributed by atoms with Gasteiger partial charge in [-0.3, -0.25) is 0 Å². The minimum absolute atomic E-state index is 0.0317. The Morgan fingerprint density at radius 1 is 0.617 bits per heavy atom. The molecule has 4 aromatic carbocycles. The first-order chi connectivity index (χ1) is 23.0. The highest BCUT2D eigenvalue weighted by atomic mass is 19.3. The van der Waals surface area contributed by atoms with Gasteiger partial charge in [-0.2, -0.15) is 8.78 Å². The molecule has 0 unspecified atom stereocenters. The fourth-order valence-electron chi connectivity index (χ4n) is 5.42. The molecule has 0 radical (unpaired) electrons. The van der Waals surface area contributed by atoms with Crippen LogP contribution in [-0.4, -0.2) is 55.6 Å². The molecule has 0 saturated carbocycles. The minimum Gasteiger partial charge on any atom is -0.461 e. The number of rotatable bonds is 16. The maximum Gasteiger partial charge on any atom is 0.379 e. The third-order valence-corrected chi connectivity index (χ3v) is 7.79. The number of esters is 1. The van der Waals surface area contributed by atoms with Crippen LogP contribution in [0.3, 0.4) is 0 Å². The fourth-order valence-corrected chi connectivity index (χ4v) is 5.42. The van der Waals surface area contributed by atoms with Crippen molar-refractivity contribution in [1.29, 1.82) is 0 Å². The lowest BCUT2D eigenvalue weighted by Gasteiger charge is -2.47. The average Bonchev–Trinajstić information content (AvgIpc) is 3.11. The van der Waals surface area contributed by atoms with Crippen molar-refractivity contribution in [3.8, 4) is 0 Å². The molecule has 1 saturated heterocycles. The molecule has 5 rings (SSSR count). The van der Waals surface area contributed by atoms with Gasteiger partial charge in [-0.25, -0.2) is 4.79 Å². The van der Waals surface area contributed by atoms with Crippen LogP contribution in [0.15, 0.2) is 121 Å². The number of hydrogen-bond acceptors (Lipinski definition) is 7. The van der Waals surface area contributed by atoms with Gasteiger partial charge in [-0.1, -0.05) is 121 Å². The van der Waals surface area contributed by atoms with Crippen molar-refractivity contribution in [2.75, 3.05) is 13.2 Å². The lowest BCUT2D eigenvalue weighted by Crippen LogP contribution is -2.66. The molecule has 7 nitrogen and oxygen atoms in total. The van der Waals surface area contributed by atoms with Crippen molar-refractivity contribution in [2.24, 2.45) is 0 Å². The molecule has 0 aliphatic carbocycles. The van der Waals surface area contributed by atoms with Gasteiger partial charge in [0.1, 0.15) is 24.4 Å². The number of carbonyl (C=O) groups excluding carboxylic acids is 1. The number of ether oxygens (including phenoxy) is 6. The zero-order chi connectivity index (χ0) is 32.9. The van der Waals surface area contributed by atoms with Gasteiger partial charge in [0.2, 0.25) is 0 Å². The quantitative estimate of drug-likeness (QED) is 0.122. The van der Waals surface area contributed by atoms with E-state index in [-0.39, 0.29) is 39.6 Å². The molecule has 0 N–H and O–H groups in total. The zero-order valence-corrected chi connectivity index (χ0v) is 26.3. The smallest absolute Gasteiger partial charge is 0.379 e. The number of hydrogen-bond donors (Lipinski definition) is 0. The Morgan fingerprint density at radius 3 is 1.47 bits per heavy atom. The Hall–Kier alpha value is -3.99. The van der Waals surface area contributed by atoms with Crippen LogP contribution in [0, 0.1) is 0 Å². The van der Waals surface area contributed by atoms with E-state index >= 15 is 8.78 Å². The van der Waals surface area contributed by atoms with E-state index in [4.69, 9.17) is 28.4 Å². The van der Waals surface area contributed by atoms with E-state index in [0.29, 0.717) is 0 Å². The first kappa shape index (κ1) is 34.3. The summed E-state index contributed by atoms with van der Waals surface area (Å²) in [6, 6.07) is 37.5. The van der Waals surface area contributed by atoms with E-state index in [1.165, 1.54) is 6.92 Å². The molecular weight excluding hydrogens is 606 g/mol. The summed E-state index contributed by atoms with van der Waals surface area (Å²) in [6.45, 7) is 1.55. The second-order valence-electron chi connectivity index (χ2n) is 11.2. The van der Waals surface area contributed by atoms with Crippen LogP contribution in [0.2, 0.25) is 0 Å². The summed E-state index contributed by atoms with van der Waals surface area (Å²) in [4.78, 5) is 12.8. The highest BCUT2D eigenvalue weighted by Crippen LogP contribution is 2.38. The monoisotopic (exact) mass is 646 g/mol. The molecule has 248 valence electrons. The van der Waals surface area contributed by atoms with Gasteiger partial charge in [0.05, 0.1) is 39.6 Å². The van der Waals surface area contributed by atoms with Crippen molar-refractivity contribution < 1.29 is 42.0 Å². The first-order valence-electron chi connectivity index (χ1n) is 15.7. The second kappa shape index (κ2) is 17.2. The molecule has 9 heteroatoms. The summed E-state index contributed by atoms with van der Waals surface area (Å²) in [5.74, 6) is -5.78. The van der Waals surface area contributed by atoms with Gasteiger partial charge in [-0.05, 0) is 29.2 Å². The van der Waals surface area contributed by atoms with E-state index in [9.17, 15) is 4.79 Å². The molecule has 0 bridgehead atoms. The molecule has 1 aliphatic heterocycles. The molecule has 1 fully saturated rings. The molecule has 1 heterocycles. The molecule has 0 amide bonds. The van der Waals surface area contributed by atoms with Gasteiger partial charge < -0.3 is 28.4 Å². The van der Waals surface area contributed by atoms with Crippen LogP contribution in [0.1, 0.15) is 29.2 Å². The van der Waals surface area contributed by atoms with E-state index < -0.39 is 42.4 Å². The normalized spacial score (nSPS) is 21.3. The minimum atomic E-state index is -4.08. The maximum absolute atomic E-state index is 16.1. The first-order valence-corrected chi connectivity index (χ1v) is 15.7. The number of benzene rings is 4. The summed E-state index contributed by atoms with van der Waals surface area (Å²) in [5, 5.41) is 0. The van der Waals surface area contributed by atoms with Crippen molar-refractivity contribution in [3.05, 3.63) is 144 Å². The summed E-state index contributed by atoms with van der Waals surface area (Å²) >= 11 is 0. The number of carbonyl (C=O) groups is 1. The molecule has 5 atom stereocenters. The van der Waals surface area contributed by atoms with Gasteiger partial charge in [0.15, 0.2) is 6.10 Å². The van der Waals surface area contributed by atoms with Crippen molar-refractivity contribution >= 4 is 5.97 Å². The molecular formula is C38H40F2O7. The van der Waals surface area contributed by atoms with Crippen LogP contribution < -0.4 is 0 Å². The predicted octanol–water partition coefficient (Wildman–Crippen LogP) is 6.93. The average molecular weight is 647 g/mol. The predicted molar refractivity (Wildman–Crippen MR) is 171 cm³/mol. The zero-order valence-electron chi connectivity index (χ0n) is 26.3. The van der Waals surface area contributed by atoms with E-state index in [0.717, 1.165) is 22.3 Å². The van der Waals surface area contributed by atoms with Crippen LogP contribution in [0.25, 0.3) is 0 Å². The lowest BCUT2D eigenvalue weighted by atomic mass is 9.90. The molecule has 4 aromatic rings. The Balaban J connectivity index is 1.50. The van der Waals surface area contributed by atoms with Gasteiger partial charge in [0, 0.05) is 0 Å². The third kappa shape index (κ3) is 9.53. The molecule has 1 aliphatic rings. The van der Waals surface area contributed by atoms with Crippen molar-refractivity contribution in [2.45, 2.75) is 69.8 Å². The number of alkyl halides is 2. The Kier molecular flexibility index (Phi) is 12.6. The molecule has 47 heavy (non-hydrogen) atoms. The summed E-state index contributed by atoms with van der Waals surface area (Å²) in [6.07, 6.45) is -6.54. The van der Waals surface area contributed by atoms with Gasteiger partial charge >= 0.3 is 11.9 Å². The van der Waals surface area contributed by atoms with Crippen molar-refractivity contribution in [3.63, 3.8) is 0 Å². The third-order valence-electron chi connectivity index (χ3n) is 7.79. The largest absolute Gasteiger partial charge is 0.461 e. The van der Waals surface area contributed by atoms with Crippen LogP contribution in [0.4, 0.5) is 8.78 Å². The van der Waals surface area contributed by atoms with Crippen molar-refractivity contribution in [1.82, 2.24) is 0 Å². The Labute approximate surface area is 274 Å². The summed E-state index contributed by atoms with van der Waals surface area (Å²) < 4.78 is 68.4. The van der Waals surface area contributed by atoms with Crippen LogP contribution >= 0.6 is 0 Å². The molecule has 0 aromatic heterocycles. The van der Waals surface area contributed by atoms with Crippen LogP contribution in [0.5, 0.6) is 0 Å². The summed E-state index contributed by atoms with van der Waals surface area (Å²) in [7, 11) is 0. The highest BCUT2D eigenvalue weighted by molar-refractivity contribution is 5.78. The topological polar surface area (TPSA) is 72.5 Å². The standard InChI is InChI=1S/C38H40F2O7/c1-2-43-37(41)38(39,40)36-35(46-26-31-21-13-6-14-22-31)34(45-25-30-19-11-5-12-20-30)33(44-24-29-17-9-4-10-18-29)32(47-36)27-42-23-28-15-7-3-8-16-28/h3-22,32-36H,2,23-27H2,1H3/t32-,33+,34-,35-,36-/m0/s1. The Bertz CT molecular complexity index is 1480. The fraction of sp³-hybridized carbons (Fsp3) is 0.342. The highest BCUT2D eigenvalue weighted by Gasteiger charge is 2.61. The van der Waals surface area contributed by atoms with Gasteiger partial charge in [0.25, 0.3) is 0 Å². The van der Waals surface area contributed by atoms with E-state index in [1.54, 1.807) is 0 Å². The molecule has 0 spiro atoms. The van der Waals surface area contributed by atoms with Crippen LogP contribution in [-0.2, 0) is 59.6 Å². The van der Waals surface area contributed by atoms with E-state index in [2.05, 4.69) is 0 Å². The lowest BCUT2D eigenvalue weighted by molar-refractivity contribution is -0.307. The SMILES string of the molecule is CCOC(=O)C(F)(F)[C@H]1O[C@@H](COCc2ccccc2)[C@@H](OCc2ccccc2)[C@H](OCc2ccccc2)[C@@H]1OCc1ccccc1. The maximum atomic E-state index is 16.1. The number of halogens is 2. The van der Waals surface area contributed by atoms with Gasteiger partial charge in [-0.15, -0.1) is 0 Å². The second-order valence-corrected chi connectivity index (χ2v) is 11.2. The Morgan fingerprint density at radius 2 is 1.02 bits per heavy atom. The van der Waals surface area contributed by atoms with E-state index in [1.807, 2.05) is 121 Å².